The summed E-state index contributed by atoms with van der Waals surface area (Å²) >= 11 is 5.89. The van der Waals surface area contributed by atoms with Gasteiger partial charge in [0.15, 0.2) is 0 Å². The molecule has 0 bridgehead atoms. The van der Waals surface area contributed by atoms with E-state index in [2.05, 4.69) is 10.6 Å². The summed E-state index contributed by atoms with van der Waals surface area (Å²) in [6.45, 7) is 3.79. The van der Waals surface area contributed by atoms with Crippen molar-refractivity contribution in [2.24, 2.45) is 0 Å². The van der Waals surface area contributed by atoms with Gasteiger partial charge in [0.1, 0.15) is 12.2 Å². The first kappa shape index (κ1) is 16.2. The van der Waals surface area contributed by atoms with Crippen LogP contribution < -0.4 is 10.6 Å². The molecule has 1 amide bonds. The number of nitrogens with one attached hydrogen (secondary N) is 2. The lowest BCUT2D eigenvalue weighted by Crippen LogP contribution is -2.50. The molecule has 1 aromatic rings. The minimum Gasteiger partial charge on any atom is -0.375 e. The monoisotopic (exact) mass is 312 g/mol. The van der Waals surface area contributed by atoms with Crippen molar-refractivity contribution in [2.45, 2.75) is 25.2 Å². The van der Waals surface area contributed by atoms with Crippen LogP contribution in [0, 0.1) is 0 Å². The van der Waals surface area contributed by atoms with Crippen LogP contribution in [-0.4, -0.2) is 44.9 Å². The largest absolute Gasteiger partial charge is 0.375 e. The van der Waals surface area contributed by atoms with Crippen molar-refractivity contribution in [3.8, 4) is 0 Å². The lowest BCUT2D eigenvalue weighted by Gasteiger charge is -2.28. The van der Waals surface area contributed by atoms with Gasteiger partial charge in [0, 0.05) is 25.2 Å². The number of ether oxygens (including phenoxy) is 2. The van der Waals surface area contributed by atoms with E-state index in [9.17, 15) is 4.79 Å². The average molecular weight is 313 g/mol. The number of rotatable bonds is 5. The summed E-state index contributed by atoms with van der Waals surface area (Å²) < 4.78 is 11.0. The summed E-state index contributed by atoms with van der Waals surface area (Å²) in [7, 11) is 1.63. The Bertz CT molecular complexity index is 460. The molecule has 5 nitrogen and oxygen atoms in total. The molecule has 2 N–H and O–H groups in total. The highest BCUT2D eigenvalue weighted by Crippen LogP contribution is 2.22. The van der Waals surface area contributed by atoms with Crippen LogP contribution in [0.2, 0.25) is 5.02 Å². The van der Waals surface area contributed by atoms with E-state index in [4.69, 9.17) is 21.1 Å². The standard InChI is InChI=1S/C15H21ClN2O3/c1-10(18-15(19)13-9-17-7-8-21-13)14(20-2)11-3-5-12(16)6-4-11/h3-6,10,13-14,17H,7-9H2,1-2H3,(H,18,19). The predicted octanol–water partition coefficient (Wildman–Crippen LogP) is 1.52. The van der Waals surface area contributed by atoms with Crippen molar-refractivity contribution in [3.63, 3.8) is 0 Å². The van der Waals surface area contributed by atoms with Gasteiger partial charge in [-0.15, -0.1) is 0 Å². The maximum atomic E-state index is 12.2. The van der Waals surface area contributed by atoms with Gasteiger partial charge in [-0.1, -0.05) is 23.7 Å². The lowest BCUT2D eigenvalue weighted by molar-refractivity contribution is -0.135. The quantitative estimate of drug-likeness (QED) is 0.865. The Morgan fingerprint density at radius 2 is 2.19 bits per heavy atom. The van der Waals surface area contributed by atoms with E-state index in [0.29, 0.717) is 18.2 Å². The zero-order valence-electron chi connectivity index (χ0n) is 12.3. The number of benzene rings is 1. The van der Waals surface area contributed by atoms with E-state index in [0.717, 1.165) is 12.1 Å². The molecule has 0 radical (unpaired) electrons. The van der Waals surface area contributed by atoms with Gasteiger partial charge >= 0.3 is 0 Å². The molecule has 3 unspecified atom stereocenters. The second-order valence-electron chi connectivity index (χ2n) is 5.07. The number of halogens is 1. The number of hydrogen-bond acceptors (Lipinski definition) is 4. The number of morpholine rings is 1. The third-order valence-corrected chi connectivity index (χ3v) is 3.75. The molecule has 1 fully saturated rings. The first-order chi connectivity index (χ1) is 10.1. The van der Waals surface area contributed by atoms with Crippen LogP contribution in [0.4, 0.5) is 0 Å². The third-order valence-electron chi connectivity index (χ3n) is 3.50. The van der Waals surface area contributed by atoms with E-state index in [1.807, 2.05) is 31.2 Å². The van der Waals surface area contributed by atoms with Crippen LogP contribution >= 0.6 is 11.6 Å². The molecule has 1 aliphatic heterocycles. The second kappa shape index (κ2) is 7.75. The maximum absolute atomic E-state index is 12.2. The SMILES string of the molecule is COC(c1ccc(Cl)cc1)C(C)NC(=O)C1CNCCO1. The van der Waals surface area contributed by atoms with Crippen molar-refractivity contribution < 1.29 is 14.3 Å². The minimum atomic E-state index is -0.441. The van der Waals surface area contributed by atoms with E-state index < -0.39 is 6.10 Å². The molecule has 1 aromatic carbocycles. The molecular formula is C15H21ClN2O3. The Balaban J connectivity index is 1.97. The van der Waals surface area contributed by atoms with Gasteiger partial charge in [0.25, 0.3) is 5.91 Å². The van der Waals surface area contributed by atoms with Crippen molar-refractivity contribution >= 4 is 17.5 Å². The van der Waals surface area contributed by atoms with Gasteiger partial charge in [-0.2, -0.15) is 0 Å². The minimum absolute atomic E-state index is 0.120. The molecule has 0 spiro atoms. The number of amides is 1. The Hall–Kier alpha value is -1.14. The van der Waals surface area contributed by atoms with Gasteiger partial charge in [0.05, 0.1) is 12.6 Å². The van der Waals surface area contributed by atoms with Crippen LogP contribution in [0.15, 0.2) is 24.3 Å². The zero-order chi connectivity index (χ0) is 15.2. The van der Waals surface area contributed by atoms with Crippen LogP contribution in [0.1, 0.15) is 18.6 Å². The number of methoxy groups -OCH3 is 1. The van der Waals surface area contributed by atoms with E-state index in [1.165, 1.54) is 0 Å². The molecule has 2 rings (SSSR count). The molecule has 1 heterocycles. The normalized spacial score (nSPS) is 21.6. The first-order valence-corrected chi connectivity index (χ1v) is 7.40. The highest BCUT2D eigenvalue weighted by molar-refractivity contribution is 6.30. The summed E-state index contributed by atoms with van der Waals surface area (Å²) in [6, 6.07) is 7.25. The smallest absolute Gasteiger partial charge is 0.250 e. The Kier molecular flexibility index (Phi) is 5.99. The molecule has 3 atom stereocenters. The highest BCUT2D eigenvalue weighted by atomic mass is 35.5. The molecular weight excluding hydrogens is 292 g/mol. The fourth-order valence-electron chi connectivity index (χ4n) is 2.41. The van der Waals surface area contributed by atoms with Crippen LogP contribution in [0.5, 0.6) is 0 Å². The molecule has 6 heteroatoms. The molecule has 21 heavy (non-hydrogen) atoms. The van der Waals surface area contributed by atoms with Crippen LogP contribution in [0.3, 0.4) is 0 Å². The molecule has 0 aromatic heterocycles. The molecule has 116 valence electrons. The molecule has 1 aliphatic rings. The van der Waals surface area contributed by atoms with Crippen molar-refractivity contribution in [1.29, 1.82) is 0 Å². The fraction of sp³-hybridized carbons (Fsp3) is 0.533. The Morgan fingerprint density at radius 3 is 2.76 bits per heavy atom. The van der Waals surface area contributed by atoms with E-state index in [-0.39, 0.29) is 18.1 Å². The summed E-state index contributed by atoms with van der Waals surface area (Å²) in [5, 5.41) is 6.76. The summed E-state index contributed by atoms with van der Waals surface area (Å²) in [5.41, 5.74) is 0.970. The van der Waals surface area contributed by atoms with Crippen LogP contribution in [0.25, 0.3) is 0 Å². The van der Waals surface area contributed by atoms with Gasteiger partial charge in [-0.3, -0.25) is 4.79 Å². The molecule has 0 saturated carbocycles. The third kappa shape index (κ3) is 4.41. The highest BCUT2D eigenvalue weighted by Gasteiger charge is 2.26. The lowest BCUT2D eigenvalue weighted by atomic mass is 10.0. The Morgan fingerprint density at radius 1 is 1.48 bits per heavy atom. The van der Waals surface area contributed by atoms with Crippen molar-refractivity contribution in [3.05, 3.63) is 34.9 Å². The van der Waals surface area contributed by atoms with Gasteiger partial charge in [0.2, 0.25) is 0 Å². The average Bonchev–Trinajstić information content (AvgIpc) is 2.50. The van der Waals surface area contributed by atoms with Gasteiger partial charge in [-0.05, 0) is 24.6 Å². The van der Waals surface area contributed by atoms with Crippen molar-refractivity contribution in [1.82, 2.24) is 10.6 Å². The summed E-state index contributed by atoms with van der Waals surface area (Å²) in [6.07, 6.45) is -0.674. The maximum Gasteiger partial charge on any atom is 0.250 e. The van der Waals surface area contributed by atoms with Gasteiger partial charge in [-0.25, -0.2) is 0 Å². The topological polar surface area (TPSA) is 59.6 Å². The van der Waals surface area contributed by atoms with E-state index >= 15 is 0 Å². The van der Waals surface area contributed by atoms with Gasteiger partial charge < -0.3 is 20.1 Å². The number of carbonyl (C=O) groups excluding carboxylic acids is 1. The first-order valence-electron chi connectivity index (χ1n) is 7.02. The predicted molar refractivity (Wildman–Crippen MR) is 81.4 cm³/mol. The Labute approximate surface area is 130 Å². The second-order valence-corrected chi connectivity index (χ2v) is 5.51. The van der Waals surface area contributed by atoms with Crippen LogP contribution in [-0.2, 0) is 14.3 Å². The fourth-order valence-corrected chi connectivity index (χ4v) is 2.53. The number of hydrogen-bond donors (Lipinski definition) is 2. The van der Waals surface area contributed by atoms with E-state index in [1.54, 1.807) is 7.11 Å². The molecule has 1 saturated heterocycles. The number of carbonyl (C=O) groups is 1. The molecule has 0 aliphatic carbocycles. The van der Waals surface area contributed by atoms with Crippen molar-refractivity contribution in [2.75, 3.05) is 26.8 Å². The summed E-state index contributed by atoms with van der Waals surface area (Å²) in [5.74, 6) is -0.120. The summed E-state index contributed by atoms with van der Waals surface area (Å²) in [4.78, 5) is 12.2. The zero-order valence-corrected chi connectivity index (χ0v) is 13.0.